The number of aryl methyl sites for hydroxylation is 1. The number of nitrogens with one attached hydrogen (secondary N) is 1. The molecule has 3 aromatic heterocycles. The van der Waals surface area contributed by atoms with Gasteiger partial charge in [-0.3, -0.25) is 9.36 Å². The summed E-state index contributed by atoms with van der Waals surface area (Å²) < 4.78 is 33.2. The van der Waals surface area contributed by atoms with Crippen LogP contribution in [0, 0.1) is 6.92 Å². The third-order valence-electron chi connectivity index (χ3n) is 7.46. The highest BCUT2D eigenvalue weighted by molar-refractivity contribution is 7.89. The van der Waals surface area contributed by atoms with E-state index in [2.05, 4.69) is 49.2 Å². The summed E-state index contributed by atoms with van der Waals surface area (Å²) in [6.45, 7) is 5.78. The van der Waals surface area contributed by atoms with E-state index in [-0.39, 0.29) is 18.2 Å². The van der Waals surface area contributed by atoms with E-state index in [1.54, 1.807) is 18.3 Å². The molecule has 222 valence electrons. The molecule has 1 saturated heterocycles. The van der Waals surface area contributed by atoms with E-state index >= 15 is 0 Å². The molecule has 1 aliphatic rings. The first-order valence-corrected chi connectivity index (χ1v) is 15.7. The molecule has 0 spiro atoms. The largest absolute Gasteiger partial charge is 0.451 e. The Morgan fingerprint density at radius 1 is 0.977 bits per heavy atom. The number of rotatable bonds is 8. The number of likely N-dealkylation sites (N-methyl/N-ethyl adjacent to an activating group) is 1. The number of ether oxygens (including phenoxy) is 1. The molecule has 43 heavy (non-hydrogen) atoms. The molecule has 0 aliphatic carbocycles. The van der Waals surface area contributed by atoms with Gasteiger partial charge in [-0.25, -0.2) is 22.4 Å². The maximum Gasteiger partial charge on any atom is 0.295 e. The van der Waals surface area contributed by atoms with Crippen molar-refractivity contribution in [1.29, 1.82) is 0 Å². The number of fused-ring (bicyclic) bond motifs is 1. The van der Waals surface area contributed by atoms with Gasteiger partial charge in [-0.15, -0.1) is 0 Å². The Kier molecular flexibility index (Phi) is 7.59. The monoisotopic (exact) mass is 600 g/mol. The third-order valence-corrected chi connectivity index (χ3v) is 8.50. The smallest absolute Gasteiger partial charge is 0.295 e. The molecule has 6 rings (SSSR count). The number of benzene rings is 2. The minimum atomic E-state index is -3.65. The van der Waals surface area contributed by atoms with Gasteiger partial charge < -0.3 is 19.9 Å². The van der Waals surface area contributed by atoms with Crippen molar-refractivity contribution in [3.8, 4) is 11.5 Å². The van der Waals surface area contributed by atoms with Crippen LogP contribution in [0.1, 0.15) is 11.3 Å². The standard InChI is InChI=1S/C30H32N8O4S/c1-21-6-4-5-7-26(21)42-27-16-22-17-32-30(33-23-8-10-24(11-9-23)36-14-12-35(2)13-15-36)34-28(22)37(29(27)39)19-25-18-31-20-38(25)43(3,40)41/h4-11,16-18,20H,12-15,19H2,1-3H3,(H,32,33,34). The van der Waals surface area contributed by atoms with Crippen LogP contribution in [-0.4, -0.2) is 76.3 Å². The zero-order valence-electron chi connectivity index (χ0n) is 24.1. The molecule has 0 atom stereocenters. The average molecular weight is 601 g/mol. The summed E-state index contributed by atoms with van der Waals surface area (Å²) in [7, 11) is -1.52. The molecule has 0 saturated carbocycles. The van der Waals surface area contributed by atoms with Gasteiger partial charge in [-0.05, 0) is 55.9 Å². The molecule has 1 aliphatic heterocycles. The zero-order valence-corrected chi connectivity index (χ0v) is 25.0. The first kappa shape index (κ1) is 28.4. The molecule has 1 fully saturated rings. The van der Waals surface area contributed by atoms with Gasteiger partial charge in [0.25, 0.3) is 5.56 Å². The average Bonchev–Trinajstić information content (AvgIpc) is 3.47. The van der Waals surface area contributed by atoms with E-state index in [0.29, 0.717) is 22.5 Å². The molecule has 12 nitrogen and oxygen atoms in total. The highest BCUT2D eigenvalue weighted by Crippen LogP contribution is 2.26. The fourth-order valence-corrected chi connectivity index (χ4v) is 5.79. The second-order valence-corrected chi connectivity index (χ2v) is 12.5. The number of pyridine rings is 1. The van der Waals surface area contributed by atoms with Crippen molar-refractivity contribution in [2.75, 3.05) is 49.7 Å². The summed E-state index contributed by atoms with van der Waals surface area (Å²) in [5.41, 5.74) is 2.94. The van der Waals surface area contributed by atoms with Crippen LogP contribution in [-0.2, 0) is 16.6 Å². The summed E-state index contributed by atoms with van der Waals surface area (Å²) in [6, 6.07) is 17.0. The lowest BCUT2D eigenvalue weighted by atomic mass is 10.2. The molecule has 0 bridgehead atoms. The molecule has 13 heteroatoms. The number of hydrogen-bond donors (Lipinski definition) is 1. The molecular formula is C30H32N8O4S. The summed E-state index contributed by atoms with van der Waals surface area (Å²) in [5.74, 6) is 0.888. The Labute approximate surface area is 249 Å². The molecule has 0 unspecified atom stereocenters. The minimum Gasteiger partial charge on any atom is -0.451 e. The predicted octanol–water partition coefficient (Wildman–Crippen LogP) is 3.44. The topological polar surface area (TPSA) is 127 Å². The second kappa shape index (κ2) is 11.5. The van der Waals surface area contributed by atoms with Crippen molar-refractivity contribution < 1.29 is 13.2 Å². The highest BCUT2D eigenvalue weighted by atomic mass is 32.2. The highest BCUT2D eigenvalue weighted by Gasteiger charge is 2.19. The quantitative estimate of drug-likeness (QED) is 0.283. The van der Waals surface area contributed by atoms with Crippen molar-refractivity contribution in [2.24, 2.45) is 0 Å². The normalized spacial score (nSPS) is 14.3. The maximum atomic E-state index is 13.8. The van der Waals surface area contributed by atoms with E-state index in [0.717, 1.165) is 53.3 Å². The van der Waals surface area contributed by atoms with Gasteiger partial charge >= 0.3 is 0 Å². The Balaban J connectivity index is 1.36. The van der Waals surface area contributed by atoms with Gasteiger partial charge in [0, 0.05) is 49.1 Å². The van der Waals surface area contributed by atoms with Crippen LogP contribution < -0.4 is 20.5 Å². The van der Waals surface area contributed by atoms with Crippen molar-refractivity contribution in [3.63, 3.8) is 0 Å². The molecule has 0 radical (unpaired) electrons. The number of piperazine rings is 1. The van der Waals surface area contributed by atoms with Crippen LogP contribution in [0.4, 0.5) is 17.3 Å². The number of nitrogens with zero attached hydrogens (tertiary/aromatic N) is 7. The van der Waals surface area contributed by atoms with Gasteiger partial charge in [0.1, 0.15) is 17.7 Å². The Morgan fingerprint density at radius 2 is 1.72 bits per heavy atom. The Hall–Kier alpha value is -4.75. The van der Waals surface area contributed by atoms with Crippen molar-refractivity contribution >= 4 is 38.4 Å². The molecule has 5 aromatic rings. The molecular weight excluding hydrogens is 568 g/mol. The van der Waals surface area contributed by atoms with Crippen LogP contribution in [0.5, 0.6) is 11.5 Å². The van der Waals surface area contributed by atoms with Crippen LogP contribution >= 0.6 is 0 Å². The number of para-hydroxylation sites is 1. The molecule has 0 amide bonds. The minimum absolute atomic E-state index is 0.0658. The van der Waals surface area contributed by atoms with E-state index in [4.69, 9.17) is 4.74 Å². The Bertz CT molecular complexity index is 1950. The van der Waals surface area contributed by atoms with Gasteiger partial charge in [0.05, 0.1) is 24.7 Å². The number of imidazole rings is 1. The van der Waals surface area contributed by atoms with Gasteiger partial charge in [-0.1, -0.05) is 18.2 Å². The lowest BCUT2D eigenvalue weighted by Gasteiger charge is -2.34. The van der Waals surface area contributed by atoms with Crippen LogP contribution in [0.15, 0.2) is 78.1 Å². The lowest BCUT2D eigenvalue weighted by molar-refractivity contribution is 0.313. The first-order valence-electron chi connectivity index (χ1n) is 13.8. The van der Waals surface area contributed by atoms with E-state index in [1.807, 2.05) is 37.3 Å². The summed E-state index contributed by atoms with van der Waals surface area (Å²) in [4.78, 5) is 31.7. The molecule has 1 N–H and O–H groups in total. The second-order valence-electron chi connectivity index (χ2n) is 10.6. The maximum absolute atomic E-state index is 13.8. The predicted molar refractivity (Wildman–Crippen MR) is 166 cm³/mol. The van der Waals surface area contributed by atoms with Crippen molar-refractivity contribution in [1.82, 2.24) is 28.4 Å². The van der Waals surface area contributed by atoms with E-state index in [9.17, 15) is 13.2 Å². The summed E-state index contributed by atoms with van der Waals surface area (Å²) >= 11 is 0. The van der Waals surface area contributed by atoms with Gasteiger partial charge in [-0.2, -0.15) is 4.98 Å². The van der Waals surface area contributed by atoms with Gasteiger partial charge in [0.15, 0.2) is 5.75 Å². The molecule has 2 aromatic carbocycles. The van der Waals surface area contributed by atoms with E-state index < -0.39 is 15.6 Å². The third kappa shape index (κ3) is 6.08. The number of aromatic nitrogens is 5. The number of hydrogen-bond acceptors (Lipinski definition) is 10. The fraction of sp³-hybridized carbons (Fsp3) is 0.267. The zero-order chi connectivity index (χ0) is 30.1. The van der Waals surface area contributed by atoms with E-state index in [1.165, 1.54) is 17.1 Å². The number of anilines is 3. The van der Waals surface area contributed by atoms with Gasteiger partial charge in [0.2, 0.25) is 16.0 Å². The van der Waals surface area contributed by atoms with Crippen molar-refractivity contribution in [3.05, 3.63) is 94.9 Å². The lowest BCUT2D eigenvalue weighted by Crippen LogP contribution is -2.44. The van der Waals surface area contributed by atoms with Crippen LogP contribution in [0.2, 0.25) is 0 Å². The summed E-state index contributed by atoms with van der Waals surface area (Å²) in [6.07, 6.45) is 5.31. The van der Waals surface area contributed by atoms with Crippen molar-refractivity contribution in [2.45, 2.75) is 13.5 Å². The Morgan fingerprint density at radius 3 is 2.44 bits per heavy atom. The molecule has 4 heterocycles. The van der Waals surface area contributed by atoms with Crippen LogP contribution in [0.3, 0.4) is 0 Å². The van der Waals surface area contributed by atoms with Crippen LogP contribution in [0.25, 0.3) is 11.0 Å². The SMILES string of the molecule is Cc1ccccc1Oc1cc2cnc(Nc3ccc(N4CCN(C)CC4)cc3)nc2n(Cc2cncn2S(C)(=O)=O)c1=O. The first-order chi connectivity index (χ1) is 20.7. The fourth-order valence-electron chi connectivity index (χ4n) is 5.03. The summed E-state index contributed by atoms with van der Waals surface area (Å²) in [5, 5.41) is 3.77.